The Morgan fingerprint density at radius 3 is 1.59 bits per heavy atom. The fourth-order valence-electron chi connectivity index (χ4n) is 3.79. The average Bonchev–Trinajstić information content (AvgIpc) is 2.76. The number of carbonyl (C=O) groups excluding carboxylic acids is 1. The number of hydrogen-bond acceptors (Lipinski definition) is 5. The largest absolute Gasteiger partial charge is 0.446 e. The second-order valence-electron chi connectivity index (χ2n) is 14.4. The van der Waals surface area contributed by atoms with Crippen LogP contribution in [-0.2, 0) is 36.0 Å². The van der Waals surface area contributed by atoms with Crippen molar-refractivity contribution in [3.8, 4) is 5.75 Å². The summed E-state index contributed by atoms with van der Waals surface area (Å²) in [6.07, 6.45) is 6.68. The Labute approximate surface area is 243 Å². The summed E-state index contributed by atoms with van der Waals surface area (Å²) >= 11 is 0. The van der Waals surface area contributed by atoms with E-state index in [1.807, 2.05) is 0 Å². The van der Waals surface area contributed by atoms with Gasteiger partial charge in [0.25, 0.3) is 0 Å². The van der Waals surface area contributed by atoms with Gasteiger partial charge in [0.05, 0.1) is 12.2 Å². The summed E-state index contributed by atoms with van der Waals surface area (Å²) in [7, 11) is 2.10. The first-order valence-corrected chi connectivity index (χ1v) is 15.7. The van der Waals surface area contributed by atoms with E-state index >= 15 is 0 Å². The van der Waals surface area contributed by atoms with E-state index in [-0.39, 0.29) is 21.6 Å². The van der Waals surface area contributed by atoms with Crippen molar-refractivity contribution in [3.05, 3.63) is 28.8 Å². The van der Waals surface area contributed by atoms with Gasteiger partial charge in [-0.25, -0.2) is 0 Å². The Morgan fingerprint density at radius 1 is 0.744 bits per heavy atom. The van der Waals surface area contributed by atoms with Crippen molar-refractivity contribution >= 4 is 14.7 Å². The third-order valence-electron chi connectivity index (χ3n) is 5.82. The van der Waals surface area contributed by atoms with Crippen LogP contribution in [0.5, 0.6) is 5.75 Å². The molecule has 0 heterocycles. The molecule has 0 spiro atoms. The van der Waals surface area contributed by atoms with Crippen LogP contribution in [0.4, 0.5) is 0 Å². The van der Waals surface area contributed by atoms with E-state index in [1.165, 1.54) is 16.7 Å². The second-order valence-corrected chi connectivity index (χ2v) is 16.7. The molecule has 0 aliphatic rings. The minimum Gasteiger partial charge on any atom is -0.446 e. The molecule has 1 atom stereocenters. The number of rotatable bonds is 13. The highest BCUT2D eigenvalue weighted by molar-refractivity contribution is 7.49. The van der Waals surface area contributed by atoms with E-state index in [0.29, 0.717) is 13.0 Å². The van der Waals surface area contributed by atoms with E-state index in [1.54, 1.807) is 14.2 Å². The number of ether oxygens (including phenoxy) is 2. The zero-order valence-corrected chi connectivity index (χ0v) is 28.8. The Morgan fingerprint density at radius 2 is 1.21 bits per heavy atom. The fraction of sp³-hybridized carbons (Fsp3) is 0.788. The minimum absolute atomic E-state index is 0.0620. The molecule has 0 bridgehead atoms. The molecule has 6 heteroatoms. The molecule has 0 aliphatic heterocycles. The molecule has 39 heavy (non-hydrogen) atoms. The summed E-state index contributed by atoms with van der Waals surface area (Å²) < 4.78 is 23.4. The van der Waals surface area contributed by atoms with Crippen LogP contribution in [0.25, 0.3) is 0 Å². The van der Waals surface area contributed by atoms with Crippen LogP contribution in [0.1, 0.15) is 132 Å². The van der Waals surface area contributed by atoms with Crippen molar-refractivity contribution in [1.29, 1.82) is 0 Å². The van der Waals surface area contributed by atoms with Crippen LogP contribution < -0.4 is 4.52 Å². The van der Waals surface area contributed by atoms with Gasteiger partial charge in [0, 0.05) is 43.5 Å². The van der Waals surface area contributed by atoms with Crippen molar-refractivity contribution in [3.63, 3.8) is 0 Å². The maximum Gasteiger partial charge on any atom is 0.235 e. The van der Waals surface area contributed by atoms with Gasteiger partial charge in [-0.3, -0.25) is 0 Å². The molecule has 1 unspecified atom stereocenters. The van der Waals surface area contributed by atoms with Gasteiger partial charge in [0.1, 0.15) is 12.0 Å². The SMILES string of the molecule is CC(C)(C)OCCCCCCOP(Oc1c(C(C)(C)C)cc(CCC=O)cc1C(C)(C)C)C(C)(C)C.COC. The molecule has 0 fully saturated rings. The topological polar surface area (TPSA) is 54.0 Å². The zero-order valence-electron chi connectivity index (χ0n) is 27.9. The highest BCUT2D eigenvalue weighted by Crippen LogP contribution is 2.55. The van der Waals surface area contributed by atoms with Crippen LogP contribution in [0.2, 0.25) is 0 Å². The highest BCUT2D eigenvalue weighted by Gasteiger charge is 2.34. The van der Waals surface area contributed by atoms with Crippen LogP contribution >= 0.6 is 8.38 Å². The molecule has 0 amide bonds. The second kappa shape index (κ2) is 17.1. The lowest BCUT2D eigenvalue weighted by Gasteiger charge is -2.35. The zero-order chi connectivity index (χ0) is 30.5. The predicted octanol–water partition coefficient (Wildman–Crippen LogP) is 9.56. The van der Waals surface area contributed by atoms with Gasteiger partial charge in [-0.2, -0.15) is 0 Å². The van der Waals surface area contributed by atoms with Crippen molar-refractivity contribution in [2.45, 2.75) is 143 Å². The van der Waals surface area contributed by atoms with Gasteiger partial charge in [-0.15, -0.1) is 0 Å². The van der Waals surface area contributed by atoms with Gasteiger partial charge >= 0.3 is 0 Å². The monoisotopic (exact) mass is 568 g/mol. The minimum atomic E-state index is -1.15. The number of carbonyl (C=O) groups is 1. The molecular weight excluding hydrogens is 507 g/mol. The fourth-order valence-corrected chi connectivity index (χ4v) is 5.17. The maximum atomic E-state index is 11.1. The van der Waals surface area contributed by atoms with Gasteiger partial charge in [0.15, 0.2) is 0 Å². The normalized spacial score (nSPS) is 13.5. The number of aldehydes is 1. The van der Waals surface area contributed by atoms with Crippen molar-refractivity contribution in [2.24, 2.45) is 0 Å². The smallest absolute Gasteiger partial charge is 0.235 e. The average molecular weight is 569 g/mol. The molecule has 0 saturated carbocycles. The van der Waals surface area contributed by atoms with Gasteiger partial charge in [-0.05, 0) is 56.4 Å². The molecule has 0 N–H and O–H groups in total. The molecule has 1 aromatic rings. The molecule has 1 rings (SSSR count). The van der Waals surface area contributed by atoms with Crippen LogP contribution in [0, 0.1) is 0 Å². The van der Waals surface area contributed by atoms with Crippen molar-refractivity contribution < 1.29 is 23.3 Å². The molecule has 0 saturated heterocycles. The van der Waals surface area contributed by atoms with Gasteiger partial charge in [0.2, 0.25) is 8.38 Å². The van der Waals surface area contributed by atoms with Crippen LogP contribution in [0.15, 0.2) is 12.1 Å². The third-order valence-corrected chi connectivity index (χ3v) is 7.68. The molecule has 1 aromatic carbocycles. The quantitative estimate of drug-likeness (QED) is 0.135. The standard InChI is InChI=1S/C31H55O4P.C2H6O/c1-28(2,3)25-22-24(18-17-19-32)23-26(29(4,5)6)27(25)35-36(31(10,11)12)34-21-16-14-13-15-20-33-30(7,8)9;1-3-2/h19,22-23H,13-18,20-21H2,1-12H3;1-2H3. The van der Waals surface area contributed by atoms with E-state index in [2.05, 4.69) is 100.0 Å². The van der Waals surface area contributed by atoms with E-state index in [9.17, 15) is 4.79 Å². The van der Waals surface area contributed by atoms with Gasteiger partial charge < -0.3 is 23.3 Å². The van der Waals surface area contributed by atoms with Gasteiger partial charge in [-0.1, -0.05) is 87.3 Å². The third kappa shape index (κ3) is 16.1. The van der Waals surface area contributed by atoms with E-state index < -0.39 is 8.38 Å². The number of hydrogen-bond donors (Lipinski definition) is 0. The summed E-state index contributed by atoms with van der Waals surface area (Å²) in [6.45, 7) is 27.8. The van der Waals surface area contributed by atoms with E-state index in [4.69, 9.17) is 13.8 Å². The molecule has 5 nitrogen and oxygen atoms in total. The predicted molar refractivity (Wildman–Crippen MR) is 169 cm³/mol. The maximum absolute atomic E-state index is 11.1. The molecule has 0 aromatic heterocycles. The first kappa shape index (κ1) is 38.0. The van der Waals surface area contributed by atoms with Crippen LogP contribution in [-0.4, -0.2) is 44.5 Å². The summed E-state index contributed by atoms with van der Waals surface area (Å²) in [4.78, 5) is 11.1. The lowest BCUT2D eigenvalue weighted by molar-refractivity contribution is -0.107. The number of benzene rings is 1. The molecule has 0 aliphatic carbocycles. The Kier molecular flexibility index (Phi) is 16.6. The van der Waals surface area contributed by atoms with Crippen molar-refractivity contribution in [2.75, 3.05) is 27.4 Å². The summed E-state index contributed by atoms with van der Waals surface area (Å²) in [5.41, 5.74) is 3.32. The van der Waals surface area contributed by atoms with Crippen LogP contribution in [0.3, 0.4) is 0 Å². The molecule has 0 radical (unpaired) electrons. The molecular formula is C33H61O5P. The number of aryl methyl sites for hydroxylation is 1. The highest BCUT2D eigenvalue weighted by atomic mass is 31.2. The Hall–Kier alpha value is -1.00. The first-order valence-electron chi connectivity index (χ1n) is 14.5. The number of unbranched alkanes of at least 4 members (excludes halogenated alkanes) is 3. The Bertz CT molecular complexity index is 787. The first-order chi connectivity index (χ1) is 17.8. The lowest BCUT2D eigenvalue weighted by Crippen LogP contribution is -2.23. The summed E-state index contributed by atoms with van der Waals surface area (Å²) in [5.74, 6) is 0.963. The van der Waals surface area contributed by atoms with Crippen molar-refractivity contribution in [1.82, 2.24) is 0 Å². The van der Waals surface area contributed by atoms with E-state index in [0.717, 1.165) is 50.7 Å². The molecule has 228 valence electrons. The summed E-state index contributed by atoms with van der Waals surface area (Å²) in [6, 6.07) is 4.48. The Balaban J connectivity index is 0.00000458. The number of methoxy groups -OCH3 is 1. The summed E-state index contributed by atoms with van der Waals surface area (Å²) in [5, 5.41) is -0.115. The lowest BCUT2D eigenvalue weighted by atomic mass is 9.78.